The minimum Gasteiger partial charge on any atom is -0.348 e. The zero-order chi connectivity index (χ0) is 15.2. The van der Waals surface area contributed by atoms with Gasteiger partial charge in [-0.25, -0.2) is 0 Å². The lowest BCUT2D eigenvalue weighted by molar-refractivity contribution is -0.130. The number of pyridine rings is 1. The van der Waals surface area contributed by atoms with E-state index >= 15 is 0 Å². The van der Waals surface area contributed by atoms with Gasteiger partial charge in [0.05, 0.1) is 6.54 Å². The molecule has 0 saturated carbocycles. The number of aromatic nitrogens is 1. The lowest BCUT2D eigenvalue weighted by Crippen LogP contribution is -2.45. The molecule has 2 heterocycles. The molecule has 1 aromatic heterocycles. The van der Waals surface area contributed by atoms with Crippen LogP contribution in [-0.2, 0) is 11.3 Å². The largest absolute Gasteiger partial charge is 0.348 e. The number of nitrogens with zero attached hydrogens (tertiary/aromatic N) is 3. The topological polar surface area (TPSA) is 48.5 Å². The van der Waals surface area contributed by atoms with Crippen LogP contribution in [0.4, 0.5) is 0 Å². The highest BCUT2D eigenvalue weighted by atomic mass is 16.2. The fraction of sp³-hybridized carbons (Fsp3) is 0.625. The first-order valence-corrected chi connectivity index (χ1v) is 7.61. The molecule has 0 aliphatic carbocycles. The van der Waals surface area contributed by atoms with E-state index in [0.717, 1.165) is 32.5 Å². The summed E-state index contributed by atoms with van der Waals surface area (Å²) >= 11 is 0. The van der Waals surface area contributed by atoms with Crippen LogP contribution in [0.15, 0.2) is 18.5 Å². The molecule has 1 aromatic rings. The van der Waals surface area contributed by atoms with Crippen LogP contribution in [0.2, 0.25) is 0 Å². The predicted octanol–water partition coefficient (Wildman–Crippen LogP) is 1.03. The van der Waals surface area contributed by atoms with Gasteiger partial charge in [-0.3, -0.25) is 14.7 Å². The van der Waals surface area contributed by atoms with Crippen molar-refractivity contribution in [1.82, 2.24) is 20.1 Å². The fourth-order valence-corrected chi connectivity index (χ4v) is 2.58. The molecular formula is C16H26N4O. The standard InChI is InChI=1S/C16H26N4O/c1-13-10-17-7-4-14(13)11-18-15-5-8-20(9-6-15)12-16(21)19(2)3/h4,7,10,15,18H,5-6,8-9,11-12H2,1-3H3. The van der Waals surface area contributed by atoms with Crippen LogP contribution in [0.5, 0.6) is 0 Å². The molecule has 0 atom stereocenters. The summed E-state index contributed by atoms with van der Waals surface area (Å²) in [7, 11) is 3.63. The lowest BCUT2D eigenvalue weighted by Gasteiger charge is -2.32. The molecule has 2 rings (SSSR count). The van der Waals surface area contributed by atoms with Crippen molar-refractivity contribution >= 4 is 5.91 Å². The third-order valence-electron chi connectivity index (χ3n) is 4.16. The van der Waals surface area contributed by atoms with Crippen LogP contribution in [0.3, 0.4) is 0 Å². The van der Waals surface area contributed by atoms with Crippen molar-refractivity contribution < 1.29 is 4.79 Å². The van der Waals surface area contributed by atoms with E-state index < -0.39 is 0 Å². The molecule has 0 unspecified atom stereocenters. The smallest absolute Gasteiger partial charge is 0.236 e. The summed E-state index contributed by atoms with van der Waals surface area (Å²) in [4.78, 5) is 19.7. The highest BCUT2D eigenvalue weighted by molar-refractivity contribution is 5.77. The molecule has 1 aliphatic rings. The minimum atomic E-state index is 0.189. The van der Waals surface area contributed by atoms with Crippen molar-refractivity contribution in [2.24, 2.45) is 0 Å². The molecule has 5 nitrogen and oxygen atoms in total. The van der Waals surface area contributed by atoms with Crippen LogP contribution >= 0.6 is 0 Å². The van der Waals surface area contributed by atoms with Gasteiger partial charge in [-0.1, -0.05) is 0 Å². The molecule has 1 amide bonds. The molecule has 1 aliphatic heterocycles. The molecule has 0 spiro atoms. The van der Waals surface area contributed by atoms with Gasteiger partial charge in [-0.05, 0) is 37.0 Å². The maximum absolute atomic E-state index is 11.7. The Morgan fingerprint density at radius 3 is 2.76 bits per heavy atom. The van der Waals surface area contributed by atoms with E-state index in [1.807, 2.05) is 26.5 Å². The van der Waals surface area contributed by atoms with E-state index in [0.29, 0.717) is 12.6 Å². The second-order valence-electron chi connectivity index (χ2n) is 6.02. The Balaban J connectivity index is 1.72. The van der Waals surface area contributed by atoms with Gasteiger partial charge in [0.25, 0.3) is 0 Å². The molecule has 0 radical (unpaired) electrons. The number of carbonyl (C=O) groups excluding carboxylic acids is 1. The normalized spacial score (nSPS) is 16.9. The Bertz CT molecular complexity index is 467. The number of hydrogen-bond donors (Lipinski definition) is 1. The van der Waals surface area contributed by atoms with Gasteiger partial charge < -0.3 is 10.2 Å². The number of amides is 1. The Hall–Kier alpha value is -1.46. The van der Waals surface area contributed by atoms with Gasteiger partial charge >= 0.3 is 0 Å². The Labute approximate surface area is 127 Å². The Morgan fingerprint density at radius 2 is 2.14 bits per heavy atom. The van der Waals surface area contributed by atoms with E-state index in [2.05, 4.69) is 28.2 Å². The predicted molar refractivity (Wildman–Crippen MR) is 84.0 cm³/mol. The van der Waals surface area contributed by atoms with E-state index in [1.165, 1.54) is 11.1 Å². The average Bonchev–Trinajstić information content (AvgIpc) is 2.48. The maximum atomic E-state index is 11.7. The van der Waals surface area contributed by atoms with Crippen molar-refractivity contribution in [3.8, 4) is 0 Å². The quantitative estimate of drug-likeness (QED) is 0.880. The van der Waals surface area contributed by atoms with Gasteiger partial charge in [0.2, 0.25) is 5.91 Å². The number of nitrogens with one attached hydrogen (secondary N) is 1. The summed E-state index contributed by atoms with van der Waals surface area (Å²) < 4.78 is 0. The van der Waals surface area contributed by atoms with Gasteiger partial charge in [0.15, 0.2) is 0 Å². The van der Waals surface area contributed by atoms with E-state index in [-0.39, 0.29) is 5.91 Å². The minimum absolute atomic E-state index is 0.189. The van der Waals surface area contributed by atoms with Gasteiger partial charge in [0.1, 0.15) is 0 Å². The number of carbonyl (C=O) groups is 1. The lowest BCUT2D eigenvalue weighted by atomic mass is 10.0. The first-order valence-electron chi connectivity index (χ1n) is 7.61. The van der Waals surface area contributed by atoms with Crippen LogP contribution < -0.4 is 5.32 Å². The molecule has 1 fully saturated rings. The highest BCUT2D eigenvalue weighted by Gasteiger charge is 2.21. The Kier molecular flexibility index (Phi) is 5.70. The van der Waals surface area contributed by atoms with Crippen LogP contribution in [-0.4, -0.2) is 60.5 Å². The van der Waals surface area contributed by atoms with Gasteiger partial charge in [0, 0.05) is 52.2 Å². The first kappa shape index (κ1) is 15.9. The summed E-state index contributed by atoms with van der Waals surface area (Å²) in [5, 5.41) is 3.63. The zero-order valence-corrected chi connectivity index (χ0v) is 13.3. The number of aryl methyl sites for hydroxylation is 1. The fourth-order valence-electron chi connectivity index (χ4n) is 2.58. The summed E-state index contributed by atoms with van der Waals surface area (Å²) in [5.74, 6) is 0.189. The third kappa shape index (κ3) is 4.79. The number of piperidine rings is 1. The van der Waals surface area contributed by atoms with Crippen molar-refractivity contribution in [2.45, 2.75) is 32.4 Å². The van der Waals surface area contributed by atoms with Crippen LogP contribution in [0.25, 0.3) is 0 Å². The van der Waals surface area contributed by atoms with E-state index in [9.17, 15) is 4.79 Å². The third-order valence-corrected chi connectivity index (χ3v) is 4.16. The van der Waals surface area contributed by atoms with Crippen LogP contribution in [0.1, 0.15) is 24.0 Å². The average molecular weight is 290 g/mol. The summed E-state index contributed by atoms with van der Waals surface area (Å²) in [6, 6.07) is 2.62. The molecule has 0 bridgehead atoms. The monoisotopic (exact) mass is 290 g/mol. The second-order valence-corrected chi connectivity index (χ2v) is 6.02. The van der Waals surface area contributed by atoms with E-state index in [4.69, 9.17) is 0 Å². The summed E-state index contributed by atoms with van der Waals surface area (Å²) in [5.41, 5.74) is 2.55. The van der Waals surface area contributed by atoms with E-state index in [1.54, 1.807) is 4.90 Å². The first-order chi connectivity index (χ1) is 10.1. The number of rotatable bonds is 5. The second kappa shape index (κ2) is 7.52. The zero-order valence-electron chi connectivity index (χ0n) is 13.3. The SMILES string of the molecule is Cc1cnccc1CNC1CCN(CC(=O)N(C)C)CC1. The number of likely N-dealkylation sites (N-methyl/N-ethyl adjacent to an activating group) is 1. The number of likely N-dealkylation sites (tertiary alicyclic amines) is 1. The molecule has 116 valence electrons. The highest BCUT2D eigenvalue weighted by Crippen LogP contribution is 2.12. The summed E-state index contributed by atoms with van der Waals surface area (Å²) in [6.45, 7) is 5.53. The van der Waals surface area contributed by atoms with Gasteiger partial charge in [-0.2, -0.15) is 0 Å². The van der Waals surface area contributed by atoms with Crippen molar-refractivity contribution in [3.05, 3.63) is 29.6 Å². The summed E-state index contributed by atoms with van der Waals surface area (Å²) in [6.07, 6.45) is 5.96. The number of hydrogen-bond acceptors (Lipinski definition) is 4. The molecule has 1 saturated heterocycles. The van der Waals surface area contributed by atoms with Crippen LogP contribution in [0, 0.1) is 6.92 Å². The van der Waals surface area contributed by atoms with Crippen molar-refractivity contribution in [3.63, 3.8) is 0 Å². The molecule has 1 N–H and O–H groups in total. The maximum Gasteiger partial charge on any atom is 0.236 e. The van der Waals surface area contributed by atoms with Crippen molar-refractivity contribution in [2.75, 3.05) is 33.7 Å². The molecule has 21 heavy (non-hydrogen) atoms. The Morgan fingerprint density at radius 1 is 1.43 bits per heavy atom. The molecule has 0 aromatic carbocycles. The molecular weight excluding hydrogens is 264 g/mol. The van der Waals surface area contributed by atoms with Crippen molar-refractivity contribution in [1.29, 1.82) is 0 Å². The molecule has 5 heteroatoms. The van der Waals surface area contributed by atoms with Gasteiger partial charge in [-0.15, -0.1) is 0 Å².